The van der Waals surface area contributed by atoms with Gasteiger partial charge in [-0.05, 0) is 24.1 Å². The van der Waals surface area contributed by atoms with Crippen molar-refractivity contribution in [3.63, 3.8) is 0 Å². The molecule has 1 aromatic heterocycles. The summed E-state index contributed by atoms with van der Waals surface area (Å²) in [5.41, 5.74) is 4.26. The Labute approximate surface area is 165 Å². The molecule has 2 N–H and O–H groups in total. The second kappa shape index (κ2) is 7.82. The molecule has 10 nitrogen and oxygen atoms in total. The van der Waals surface area contributed by atoms with Crippen molar-refractivity contribution < 1.29 is 23.8 Å². The number of hydrogen-bond acceptors (Lipinski definition) is 8. The Morgan fingerprint density at radius 1 is 1.21 bits per heavy atom. The molecule has 0 spiro atoms. The van der Waals surface area contributed by atoms with Crippen LogP contribution < -0.4 is 26.5 Å². The zero-order valence-corrected chi connectivity index (χ0v) is 16.3. The second-order valence-electron chi connectivity index (χ2n) is 6.98. The number of carbonyl (C=O) groups excluding carboxylic acids is 2. The molecule has 1 aliphatic rings. The van der Waals surface area contributed by atoms with Crippen LogP contribution in [0.4, 0.5) is 5.82 Å². The van der Waals surface area contributed by atoms with Gasteiger partial charge in [0.05, 0.1) is 5.56 Å². The van der Waals surface area contributed by atoms with Crippen LogP contribution in [0.5, 0.6) is 11.5 Å². The summed E-state index contributed by atoms with van der Waals surface area (Å²) in [5, 5.41) is 0. The number of aromatic nitrogens is 2. The number of fused-ring (bicyclic) bond motifs is 1. The number of ether oxygens (including phenoxy) is 3. The number of benzene rings is 1. The molecule has 0 atom stereocenters. The minimum absolute atomic E-state index is 0.0549. The highest BCUT2D eigenvalue weighted by atomic mass is 16.7. The van der Waals surface area contributed by atoms with Crippen LogP contribution in [0.25, 0.3) is 0 Å². The van der Waals surface area contributed by atoms with E-state index in [1.54, 1.807) is 6.07 Å². The fourth-order valence-electron chi connectivity index (χ4n) is 2.90. The minimum atomic E-state index is -0.836. The SMILES string of the molecule is CC(C)Cn1c(N)c(C(=O)COC(=O)c2ccc3c(c2)OCO3)c(=O)n(C)c1=O. The predicted molar refractivity (Wildman–Crippen MR) is 102 cm³/mol. The molecule has 3 rings (SSSR count). The summed E-state index contributed by atoms with van der Waals surface area (Å²) < 4.78 is 17.4. The molecule has 1 aliphatic heterocycles. The fraction of sp³-hybridized carbons (Fsp3) is 0.368. The standard InChI is InChI=1S/C19H21N3O7/c1-10(2)7-22-16(20)15(17(24)21(3)19(22)26)12(23)8-27-18(25)11-4-5-13-14(6-11)29-9-28-13/h4-6,10H,7-9,20H2,1-3H3. The quantitative estimate of drug-likeness (QED) is 0.546. The second-order valence-corrected chi connectivity index (χ2v) is 6.98. The van der Waals surface area contributed by atoms with Crippen molar-refractivity contribution in [1.82, 2.24) is 9.13 Å². The zero-order chi connectivity index (χ0) is 21.3. The number of Topliss-reactive ketones (excluding diaryl/α,β-unsaturated/α-hetero) is 1. The Morgan fingerprint density at radius 2 is 1.90 bits per heavy atom. The number of anilines is 1. The molecule has 2 heterocycles. The largest absolute Gasteiger partial charge is 0.454 e. The van der Waals surface area contributed by atoms with Gasteiger partial charge < -0.3 is 19.9 Å². The highest BCUT2D eigenvalue weighted by Crippen LogP contribution is 2.32. The summed E-state index contributed by atoms with van der Waals surface area (Å²) >= 11 is 0. The van der Waals surface area contributed by atoms with Crippen LogP contribution in [-0.2, 0) is 18.3 Å². The lowest BCUT2D eigenvalue weighted by molar-refractivity contribution is 0.0474. The third-order valence-electron chi connectivity index (χ3n) is 4.35. The Balaban J connectivity index is 1.82. The molecule has 0 bridgehead atoms. The number of nitrogens with two attached hydrogens (primary N) is 1. The first-order valence-corrected chi connectivity index (χ1v) is 8.90. The number of nitrogen functional groups attached to an aromatic ring is 1. The van der Waals surface area contributed by atoms with Crippen LogP contribution in [-0.4, -0.2) is 34.3 Å². The summed E-state index contributed by atoms with van der Waals surface area (Å²) in [5.74, 6) is -0.863. The molecule has 0 saturated carbocycles. The van der Waals surface area contributed by atoms with E-state index in [0.29, 0.717) is 11.5 Å². The Kier molecular flexibility index (Phi) is 5.44. The first-order valence-electron chi connectivity index (χ1n) is 8.90. The summed E-state index contributed by atoms with van der Waals surface area (Å²) in [6.45, 7) is 3.32. The molecule has 1 aromatic carbocycles. The van der Waals surface area contributed by atoms with E-state index < -0.39 is 29.6 Å². The van der Waals surface area contributed by atoms with E-state index in [-0.39, 0.29) is 36.2 Å². The van der Waals surface area contributed by atoms with Crippen molar-refractivity contribution in [1.29, 1.82) is 0 Å². The van der Waals surface area contributed by atoms with Gasteiger partial charge >= 0.3 is 11.7 Å². The summed E-state index contributed by atoms with van der Waals surface area (Å²) in [6, 6.07) is 4.46. The van der Waals surface area contributed by atoms with Crippen molar-refractivity contribution >= 4 is 17.6 Å². The number of carbonyl (C=O) groups is 2. The van der Waals surface area contributed by atoms with Gasteiger partial charge in [-0.3, -0.25) is 18.7 Å². The van der Waals surface area contributed by atoms with Gasteiger partial charge in [-0.2, -0.15) is 0 Å². The van der Waals surface area contributed by atoms with Crippen LogP contribution >= 0.6 is 0 Å². The van der Waals surface area contributed by atoms with Crippen molar-refractivity contribution in [2.45, 2.75) is 20.4 Å². The van der Waals surface area contributed by atoms with E-state index in [1.807, 2.05) is 13.8 Å². The molecule has 10 heteroatoms. The predicted octanol–water partition coefficient (Wildman–Crippen LogP) is 0.554. The van der Waals surface area contributed by atoms with Crippen LogP contribution in [0.3, 0.4) is 0 Å². The van der Waals surface area contributed by atoms with Gasteiger partial charge in [0.15, 0.2) is 18.1 Å². The fourth-order valence-corrected chi connectivity index (χ4v) is 2.90. The number of nitrogens with zero attached hydrogens (tertiary/aromatic N) is 2. The molecule has 154 valence electrons. The number of hydrogen-bond donors (Lipinski definition) is 1. The third kappa shape index (κ3) is 3.86. The van der Waals surface area contributed by atoms with Crippen LogP contribution in [0.2, 0.25) is 0 Å². The maximum atomic E-state index is 12.6. The molecule has 0 saturated heterocycles. The molecule has 0 fully saturated rings. The van der Waals surface area contributed by atoms with E-state index >= 15 is 0 Å². The molecule has 2 aromatic rings. The topological polar surface area (TPSA) is 132 Å². The van der Waals surface area contributed by atoms with Gasteiger partial charge in [0, 0.05) is 13.6 Å². The summed E-state index contributed by atoms with van der Waals surface area (Å²) in [7, 11) is 1.26. The zero-order valence-electron chi connectivity index (χ0n) is 16.3. The van der Waals surface area contributed by atoms with Crippen molar-refractivity contribution in [2.75, 3.05) is 19.1 Å². The van der Waals surface area contributed by atoms with Gasteiger partial charge in [0.25, 0.3) is 5.56 Å². The summed E-state index contributed by atoms with van der Waals surface area (Å²) in [6.07, 6.45) is 0. The molecule has 0 radical (unpaired) electrons. The van der Waals surface area contributed by atoms with E-state index in [0.717, 1.165) is 4.57 Å². The highest BCUT2D eigenvalue weighted by molar-refractivity contribution is 6.02. The molecule has 0 aliphatic carbocycles. The van der Waals surface area contributed by atoms with E-state index in [9.17, 15) is 19.2 Å². The van der Waals surface area contributed by atoms with Gasteiger partial charge in [-0.1, -0.05) is 13.8 Å². The number of ketones is 1. The normalized spacial score (nSPS) is 12.3. The Morgan fingerprint density at radius 3 is 2.59 bits per heavy atom. The molecular weight excluding hydrogens is 382 g/mol. The monoisotopic (exact) mass is 403 g/mol. The lowest BCUT2D eigenvalue weighted by atomic mass is 10.1. The van der Waals surface area contributed by atoms with Gasteiger partial charge in [-0.15, -0.1) is 0 Å². The van der Waals surface area contributed by atoms with Crippen LogP contribution in [0.1, 0.15) is 34.6 Å². The highest BCUT2D eigenvalue weighted by Gasteiger charge is 2.24. The van der Waals surface area contributed by atoms with Crippen molar-refractivity contribution in [3.8, 4) is 11.5 Å². The first kappa shape index (κ1) is 20.2. The average molecular weight is 403 g/mol. The van der Waals surface area contributed by atoms with E-state index in [1.165, 1.54) is 23.7 Å². The number of esters is 1. The van der Waals surface area contributed by atoms with E-state index in [2.05, 4.69) is 0 Å². The van der Waals surface area contributed by atoms with Crippen molar-refractivity contribution in [2.24, 2.45) is 13.0 Å². The maximum Gasteiger partial charge on any atom is 0.338 e. The maximum absolute atomic E-state index is 12.6. The van der Waals surface area contributed by atoms with Gasteiger partial charge in [0.2, 0.25) is 12.6 Å². The minimum Gasteiger partial charge on any atom is -0.454 e. The summed E-state index contributed by atoms with van der Waals surface area (Å²) in [4.78, 5) is 49.5. The van der Waals surface area contributed by atoms with Crippen molar-refractivity contribution in [3.05, 3.63) is 50.2 Å². The lowest BCUT2D eigenvalue weighted by Crippen LogP contribution is -2.43. The molecule has 29 heavy (non-hydrogen) atoms. The van der Waals surface area contributed by atoms with Crippen LogP contribution in [0.15, 0.2) is 27.8 Å². The molecule has 0 unspecified atom stereocenters. The average Bonchev–Trinajstić information content (AvgIpc) is 3.15. The first-order chi connectivity index (χ1) is 13.7. The Bertz CT molecular complexity index is 1100. The molecular formula is C19H21N3O7. The molecule has 0 amide bonds. The lowest BCUT2D eigenvalue weighted by Gasteiger charge is -2.16. The van der Waals surface area contributed by atoms with E-state index in [4.69, 9.17) is 19.9 Å². The Hall–Kier alpha value is -3.56. The van der Waals surface area contributed by atoms with Gasteiger partial charge in [-0.25, -0.2) is 9.59 Å². The smallest absolute Gasteiger partial charge is 0.338 e. The van der Waals surface area contributed by atoms with Gasteiger partial charge in [0.1, 0.15) is 11.4 Å². The number of rotatable bonds is 6. The third-order valence-corrected chi connectivity index (χ3v) is 4.35. The van der Waals surface area contributed by atoms with Crippen LogP contribution in [0, 0.1) is 5.92 Å².